The molecular weight excluding hydrogens is 262 g/mol. The van der Waals surface area contributed by atoms with Gasteiger partial charge >= 0.3 is 11.7 Å². The van der Waals surface area contributed by atoms with Gasteiger partial charge in [0.15, 0.2) is 12.4 Å². The van der Waals surface area contributed by atoms with Crippen LogP contribution in [-0.2, 0) is 22.4 Å². The zero-order valence-corrected chi connectivity index (χ0v) is 11.4. The molecule has 0 spiro atoms. The van der Waals surface area contributed by atoms with Gasteiger partial charge in [-0.15, -0.1) is 0 Å². The van der Waals surface area contributed by atoms with Crippen LogP contribution in [0.5, 0.6) is 5.75 Å². The van der Waals surface area contributed by atoms with Gasteiger partial charge in [0, 0.05) is 5.56 Å². The fraction of sp³-hybridized carbons (Fsp3) is 0.500. The van der Waals surface area contributed by atoms with Gasteiger partial charge in [0.2, 0.25) is 0 Å². The van der Waals surface area contributed by atoms with E-state index < -0.39 is 10.9 Å². The SMILES string of the molecule is CCOC(=O)COc1ccc2c(c1[N+](=O)[O-])CCCC2. The zero-order chi connectivity index (χ0) is 14.5. The second-order valence-corrected chi connectivity index (χ2v) is 4.61. The number of carbonyl (C=O) groups is 1. The minimum atomic E-state index is -0.528. The first-order valence-corrected chi connectivity index (χ1v) is 6.71. The highest BCUT2D eigenvalue weighted by Crippen LogP contribution is 2.37. The van der Waals surface area contributed by atoms with Gasteiger partial charge in [0.25, 0.3) is 0 Å². The Kier molecular flexibility index (Phi) is 4.55. The Balaban J connectivity index is 2.24. The Hall–Kier alpha value is -2.11. The second-order valence-electron chi connectivity index (χ2n) is 4.61. The van der Waals surface area contributed by atoms with E-state index in [-0.39, 0.29) is 24.7 Å². The van der Waals surface area contributed by atoms with Crippen molar-refractivity contribution in [2.75, 3.05) is 13.2 Å². The number of carbonyl (C=O) groups excluding carboxylic acids is 1. The lowest BCUT2D eigenvalue weighted by molar-refractivity contribution is -0.386. The van der Waals surface area contributed by atoms with Gasteiger partial charge in [0.05, 0.1) is 11.5 Å². The molecule has 1 aromatic carbocycles. The fourth-order valence-electron chi connectivity index (χ4n) is 2.44. The molecule has 0 N–H and O–H groups in total. The zero-order valence-electron chi connectivity index (χ0n) is 11.4. The molecule has 1 aromatic rings. The standard InChI is InChI=1S/C14H17NO5/c1-2-19-13(16)9-20-12-8-7-10-5-3-4-6-11(10)14(12)15(17)18/h7-8H,2-6,9H2,1H3. The van der Waals surface area contributed by atoms with Gasteiger partial charge in [-0.2, -0.15) is 0 Å². The molecule has 0 saturated heterocycles. The summed E-state index contributed by atoms with van der Waals surface area (Å²) < 4.78 is 10.0. The molecule has 6 nitrogen and oxygen atoms in total. The van der Waals surface area contributed by atoms with Crippen LogP contribution < -0.4 is 4.74 Å². The van der Waals surface area contributed by atoms with Crippen molar-refractivity contribution in [1.82, 2.24) is 0 Å². The number of hydrogen-bond donors (Lipinski definition) is 0. The summed E-state index contributed by atoms with van der Waals surface area (Å²) in [4.78, 5) is 22.1. The van der Waals surface area contributed by atoms with Crippen LogP contribution >= 0.6 is 0 Å². The highest BCUT2D eigenvalue weighted by atomic mass is 16.6. The summed E-state index contributed by atoms with van der Waals surface area (Å²) in [6.45, 7) is 1.64. The minimum absolute atomic E-state index is 0.00787. The van der Waals surface area contributed by atoms with Crippen LogP contribution in [0, 0.1) is 10.1 Å². The Morgan fingerprint density at radius 3 is 2.80 bits per heavy atom. The average Bonchev–Trinajstić information content (AvgIpc) is 2.44. The van der Waals surface area contributed by atoms with Gasteiger partial charge in [-0.1, -0.05) is 6.07 Å². The summed E-state index contributed by atoms with van der Waals surface area (Å²) in [5, 5.41) is 11.3. The molecule has 6 heteroatoms. The number of benzene rings is 1. The first-order chi connectivity index (χ1) is 9.63. The number of hydrogen-bond acceptors (Lipinski definition) is 5. The molecule has 0 amide bonds. The van der Waals surface area contributed by atoms with Gasteiger partial charge in [0.1, 0.15) is 0 Å². The summed E-state index contributed by atoms with van der Waals surface area (Å²) in [6, 6.07) is 3.42. The van der Waals surface area contributed by atoms with E-state index >= 15 is 0 Å². The molecule has 108 valence electrons. The van der Waals surface area contributed by atoms with Crippen LogP contribution in [0.25, 0.3) is 0 Å². The Bertz CT molecular complexity index is 527. The van der Waals surface area contributed by atoms with Crippen molar-refractivity contribution < 1.29 is 19.2 Å². The predicted octanol–water partition coefficient (Wildman–Crippen LogP) is 2.42. The molecular formula is C14H17NO5. The maximum Gasteiger partial charge on any atom is 0.344 e. The van der Waals surface area contributed by atoms with Gasteiger partial charge in [-0.05, 0) is 44.2 Å². The van der Waals surface area contributed by atoms with Crippen LogP contribution in [0.15, 0.2) is 12.1 Å². The van der Waals surface area contributed by atoms with Crippen molar-refractivity contribution in [3.63, 3.8) is 0 Å². The summed E-state index contributed by atoms with van der Waals surface area (Å²) in [6.07, 6.45) is 3.53. The van der Waals surface area contributed by atoms with E-state index in [1.807, 2.05) is 6.07 Å². The third-order valence-corrected chi connectivity index (χ3v) is 3.30. The van der Waals surface area contributed by atoms with Crippen LogP contribution in [0.3, 0.4) is 0 Å². The van der Waals surface area contributed by atoms with E-state index in [9.17, 15) is 14.9 Å². The molecule has 0 fully saturated rings. The molecule has 0 atom stereocenters. The predicted molar refractivity (Wildman–Crippen MR) is 71.9 cm³/mol. The molecule has 1 aliphatic rings. The summed E-state index contributed by atoms with van der Waals surface area (Å²) >= 11 is 0. The van der Waals surface area contributed by atoms with E-state index in [0.29, 0.717) is 6.42 Å². The normalized spacial score (nSPS) is 13.4. The van der Waals surface area contributed by atoms with Gasteiger partial charge < -0.3 is 9.47 Å². The molecule has 0 heterocycles. The third kappa shape index (κ3) is 3.07. The quantitative estimate of drug-likeness (QED) is 0.470. The van der Waals surface area contributed by atoms with Gasteiger partial charge in [-0.3, -0.25) is 10.1 Å². The van der Waals surface area contributed by atoms with Crippen LogP contribution in [0.4, 0.5) is 5.69 Å². The van der Waals surface area contributed by atoms with E-state index in [4.69, 9.17) is 9.47 Å². The summed E-state index contributed by atoms with van der Waals surface area (Å²) in [7, 11) is 0. The lowest BCUT2D eigenvalue weighted by Gasteiger charge is -2.17. The molecule has 0 unspecified atom stereocenters. The minimum Gasteiger partial charge on any atom is -0.475 e. The fourth-order valence-corrected chi connectivity index (χ4v) is 2.44. The Morgan fingerprint density at radius 1 is 1.35 bits per heavy atom. The molecule has 0 aliphatic heterocycles. The molecule has 0 saturated carbocycles. The maximum absolute atomic E-state index is 11.3. The topological polar surface area (TPSA) is 78.7 Å². The molecule has 1 aliphatic carbocycles. The van der Waals surface area contributed by atoms with Crippen LogP contribution in [-0.4, -0.2) is 24.1 Å². The van der Waals surface area contributed by atoms with E-state index in [1.54, 1.807) is 13.0 Å². The molecule has 20 heavy (non-hydrogen) atoms. The van der Waals surface area contributed by atoms with Crippen molar-refractivity contribution >= 4 is 11.7 Å². The Morgan fingerprint density at radius 2 is 2.10 bits per heavy atom. The number of nitro benzene ring substituents is 1. The number of fused-ring (bicyclic) bond motifs is 1. The summed E-state index contributed by atoms with van der Waals surface area (Å²) in [5.74, 6) is -0.386. The first kappa shape index (κ1) is 14.3. The molecule has 0 aromatic heterocycles. The van der Waals surface area contributed by atoms with Gasteiger partial charge in [-0.25, -0.2) is 4.79 Å². The summed E-state index contributed by atoms with van der Waals surface area (Å²) in [5.41, 5.74) is 1.74. The maximum atomic E-state index is 11.3. The van der Waals surface area contributed by atoms with Crippen molar-refractivity contribution in [3.8, 4) is 5.75 Å². The molecule has 0 radical (unpaired) electrons. The molecule has 2 rings (SSSR count). The highest BCUT2D eigenvalue weighted by Gasteiger charge is 2.26. The van der Waals surface area contributed by atoms with Crippen molar-refractivity contribution in [1.29, 1.82) is 0 Å². The first-order valence-electron chi connectivity index (χ1n) is 6.71. The largest absolute Gasteiger partial charge is 0.475 e. The number of esters is 1. The number of aryl methyl sites for hydroxylation is 1. The number of ether oxygens (including phenoxy) is 2. The second kappa shape index (κ2) is 6.36. The highest BCUT2D eigenvalue weighted by molar-refractivity contribution is 5.71. The van der Waals surface area contributed by atoms with E-state index in [1.165, 1.54) is 0 Å². The van der Waals surface area contributed by atoms with Crippen molar-refractivity contribution in [2.45, 2.75) is 32.6 Å². The van der Waals surface area contributed by atoms with Crippen molar-refractivity contribution in [3.05, 3.63) is 33.4 Å². The van der Waals surface area contributed by atoms with Crippen molar-refractivity contribution in [2.24, 2.45) is 0 Å². The van der Waals surface area contributed by atoms with E-state index in [0.717, 1.165) is 30.4 Å². The number of rotatable bonds is 5. The Labute approximate surface area is 116 Å². The third-order valence-electron chi connectivity index (χ3n) is 3.30. The number of nitro groups is 1. The average molecular weight is 279 g/mol. The van der Waals surface area contributed by atoms with Crippen LogP contribution in [0.1, 0.15) is 30.9 Å². The monoisotopic (exact) mass is 279 g/mol. The van der Waals surface area contributed by atoms with E-state index in [2.05, 4.69) is 0 Å². The smallest absolute Gasteiger partial charge is 0.344 e. The number of nitrogens with zero attached hydrogens (tertiary/aromatic N) is 1. The lowest BCUT2D eigenvalue weighted by Crippen LogP contribution is -2.16. The lowest BCUT2D eigenvalue weighted by atomic mass is 9.90. The molecule has 0 bridgehead atoms. The van der Waals surface area contributed by atoms with Crippen LogP contribution in [0.2, 0.25) is 0 Å².